The van der Waals surface area contributed by atoms with Crippen molar-refractivity contribution in [3.05, 3.63) is 77.9 Å². The van der Waals surface area contributed by atoms with E-state index in [2.05, 4.69) is 42.2 Å². The fourth-order valence-corrected chi connectivity index (χ4v) is 2.53. The maximum atomic E-state index is 12.5. The molecule has 1 heterocycles. The van der Waals surface area contributed by atoms with Crippen LogP contribution in [0, 0.1) is 0 Å². The van der Waals surface area contributed by atoms with E-state index in [0.29, 0.717) is 12.1 Å². The second-order valence-corrected chi connectivity index (χ2v) is 7.07. The molecule has 1 N–H and O–H groups in total. The van der Waals surface area contributed by atoms with Crippen LogP contribution in [-0.2, 0) is 12.0 Å². The van der Waals surface area contributed by atoms with Gasteiger partial charge in [-0.05, 0) is 40.8 Å². The van der Waals surface area contributed by atoms with E-state index in [1.165, 1.54) is 6.33 Å². The fraction of sp³-hybridized carbons (Fsp3) is 0.250. The molecule has 0 saturated carbocycles. The molecule has 3 aromatic rings. The number of benzene rings is 2. The normalized spacial score (nSPS) is 11.3. The van der Waals surface area contributed by atoms with Gasteiger partial charge in [0.25, 0.3) is 5.91 Å². The molecule has 0 aliphatic rings. The van der Waals surface area contributed by atoms with E-state index in [4.69, 9.17) is 0 Å². The predicted molar refractivity (Wildman–Crippen MR) is 98.7 cm³/mol. The number of nitrogens with one attached hydrogen (secondary N) is 1. The number of amides is 1. The van der Waals surface area contributed by atoms with Crippen molar-refractivity contribution in [3.8, 4) is 0 Å². The van der Waals surface area contributed by atoms with Crippen LogP contribution < -0.4 is 5.32 Å². The van der Waals surface area contributed by atoms with Crippen LogP contribution in [0.3, 0.4) is 0 Å². The van der Waals surface area contributed by atoms with Gasteiger partial charge in [-0.3, -0.25) is 4.79 Å². The summed E-state index contributed by atoms with van der Waals surface area (Å²) in [7, 11) is 0. The molecule has 3 rings (SSSR count). The van der Waals surface area contributed by atoms with Gasteiger partial charge in [0.2, 0.25) is 0 Å². The van der Waals surface area contributed by atoms with Crippen molar-refractivity contribution in [1.82, 2.24) is 14.8 Å². The number of nitrogens with zero attached hydrogens (tertiary/aromatic N) is 3. The second-order valence-electron chi connectivity index (χ2n) is 7.07. The number of anilines is 1. The van der Waals surface area contributed by atoms with Gasteiger partial charge >= 0.3 is 0 Å². The first kappa shape index (κ1) is 16.9. The molecule has 5 nitrogen and oxygen atoms in total. The van der Waals surface area contributed by atoms with E-state index in [-0.39, 0.29) is 11.3 Å². The molecule has 0 aliphatic heterocycles. The quantitative estimate of drug-likeness (QED) is 0.788. The Morgan fingerprint density at radius 3 is 2.52 bits per heavy atom. The number of carbonyl (C=O) groups is 1. The lowest BCUT2D eigenvalue weighted by molar-refractivity contribution is 0.102. The largest absolute Gasteiger partial charge is 0.322 e. The minimum atomic E-state index is -0.102. The Labute approximate surface area is 147 Å². The molecule has 0 aliphatic carbocycles. The summed E-state index contributed by atoms with van der Waals surface area (Å²) in [5, 5.41) is 7.04. The molecule has 128 valence electrons. The van der Waals surface area contributed by atoms with Gasteiger partial charge in [0.1, 0.15) is 12.7 Å². The third kappa shape index (κ3) is 4.32. The number of carbonyl (C=O) groups excluding carboxylic acids is 1. The third-order valence-electron chi connectivity index (χ3n) is 4.01. The Morgan fingerprint density at radius 2 is 1.88 bits per heavy atom. The van der Waals surface area contributed by atoms with Gasteiger partial charge in [0.05, 0.1) is 6.54 Å². The van der Waals surface area contributed by atoms with Gasteiger partial charge in [0, 0.05) is 11.3 Å². The SMILES string of the molecule is CC(C)(C)c1cccc(C(=O)Nc2ccc(Cn3cncn3)cc2)c1. The van der Waals surface area contributed by atoms with Crippen molar-refractivity contribution >= 4 is 11.6 Å². The molecular formula is C20H22N4O. The smallest absolute Gasteiger partial charge is 0.255 e. The zero-order chi connectivity index (χ0) is 17.9. The van der Waals surface area contributed by atoms with Gasteiger partial charge in [-0.25, -0.2) is 9.67 Å². The summed E-state index contributed by atoms with van der Waals surface area (Å²) in [5.74, 6) is -0.102. The molecular weight excluding hydrogens is 312 g/mol. The third-order valence-corrected chi connectivity index (χ3v) is 4.01. The number of hydrogen-bond acceptors (Lipinski definition) is 3. The van der Waals surface area contributed by atoms with E-state index in [0.717, 1.165) is 16.8 Å². The lowest BCUT2D eigenvalue weighted by Crippen LogP contribution is -2.15. The second kappa shape index (κ2) is 6.89. The Morgan fingerprint density at radius 1 is 1.12 bits per heavy atom. The van der Waals surface area contributed by atoms with E-state index in [9.17, 15) is 4.79 Å². The summed E-state index contributed by atoms with van der Waals surface area (Å²) in [5.41, 5.74) is 3.69. The van der Waals surface area contributed by atoms with Crippen LogP contribution in [0.5, 0.6) is 0 Å². The van der Waals surface area contributed by atoms with Gasteiger partial charge in [-0.15, -0.1) is 0 Å². The first-order valence-electron chi connectivity index (χ1n) is 8.25. The number of rotatable bonds is 4. The minimum absolute atomic E-state index is 0.0132. The highest BCUT2D eigenvalue weighted by Gasteiger charge is 2.15. The zero-order valence-corrected chi connectivity index (χ0v) is 14.7. The van der Waals surface area contributed by atoms with Gasteiger partial charge in [-0.2, -0.15) is 5.10 Å². The van der Waals surface area contributed by atoms with Crippen LogP contribution in [-0.4, -0.2) is 20.7 Å². The number of hydrogen-bond donors (Lipinski definition) is 1. The highest BCUT2D eigenvalue weighted by molar-refractivity contribution is 6.04. The summed E-state index contributed by atoms with van der Waals surface area (Å²) in [6, 6.07) is 15.5. The first-order chi connectivity index (χ1) is 11.9. The summed E-state index contributed by atoms with van der Waals surface area (Å²) in [6.45, 7) is 7.06. The van der Waals surface area contributed by atoms with Crippen LogP contribution in [0.4, 0.5) is 5.69 Å². The summed E-state index contributed by atoms with van der Waals surface area (Å²) >= 11 is 0. The van der Waals surface area contributed by atoms with Crippen molar-refractivity contribution in [2.24, 2.45) is 0 Å². The molecule has 0 unspecified atom stereocenters. The van der Waals surface area contributed by atoms with Gasteiger partial charge in [-0.1, -0.05) is 45.0 Å². The van der Waals surface area contributed by atoms with E-state index in [1.807, 2.05) is 42.5 Å². The van der Waals surface area contributed by atoms with Crippen LogP contribution in [0.25, 0.3) is 0 Å². The summed E-state index contributed by atoms with van der Waals surface area (Å²) in [4.78, 5) is 16.4. The highest BCUT2D eigenvalue weighted by Crippen LogP contribution is 2.23. The van der Waals surface area contributed by atoms with Crippen molar-refractivity contribution in [2.75, 3.05) is 5.32 Å². The monoisotopic (exact) mass is 334 g/mol. The maximum absolute atomic E-state index is 12.5. The van der Waals surface area contributed by atoms with E-state index < -0.39 is 0 Å². The molecule has 0 bridgehead atoms. The molecule has 0 saturated heterocycles. The molecule has 1 aromatic heterocycles. The van der Waals surface area contributed by atoms with Crippen LogP contribution in [0.15, 0.2) is 61.2 Å². The number of aromatic nitrogens is 3. The highest BCUT2D eigenvalue weighted by atomic mass is 16.1. The maximum Gasteiger partial charge on any atom is 0.255 e. The average molecular weight is 334 g/mol. The van der Waals surface area contributed by atoms with E-state index in [1.54, 1.807) is 11.0 Å². The van der Waals surface area contributed by atoms with Gasteiger partial charge < -0.3 is 5.32 Å². The molecule has 0 spiro atoms. The van der Waals surface area contributed by atoms with Crippen LogP contribution in [0.1, 0.15) is 42.3 Å². The zero-order valence-electron chi connectivity index (χ0n) is 14.7. The molecule has 2 aromatic carbocycles. The standard InChI is InChI=1S/C20H22N4O/c1-20(2,3)17-6-4-5-16(11-17)19(25)23-18-9-7-15(8-10-18)12-24-14-21-13-22-24/h4-11,13-14H,12H2,1-3H3,(H,23,25). The molecule has 0 atom stereocenters. The van der Waals surface area contributed by atoms with E-state index >= 15 is 0 Å². The molecule has 1 amide bonds. The molecule has 0 radical (unpaired) electrons. The molecule has 5 heteroatoms. The fourth-order valence-electron chi connectivity index (χ4n) is 2.53. The first-order valence-corrected chi connectivity index (χ1v) is 8.25. The van der Waals surface area contributed by atoms with Crippen molar-refractivity contribution in [2.45, 2.75) is 32.7 Å². The van der Waals surface area contributed by atoms with Gasteiger partial charge in [0.15, 0.2) is 0 Å². The molecule has 25 heavy (non-hydrogen) atoms. The topological polar surface area (TPSA) is 59.8 Å². The summed E-state index contributed by atoms with van der Waals surface area (Å²) < 4.78 is 1.76. The Hall–Kier alpha value is -2.95. The predicted octanol–water partition coefficient (Wildman–Crippen LogP) is 3.88. The average Bonchev–Trinajstić information content (AvgIpc) is 3.09. The lowest BCUT2D eigenvalue weighted by atomic mass is 9.86. The molecule has 0 fully saturated rings. The summed E-state index contributed by atoms with van der Waals surface area (Å²) in [6.07, 6.45) is 3.19. The van der Waals surface area contributed by atoms with Crippen LogP contribution in [0.2, 0.25) is 0 Å². The Kier molecular flexibility index (Phi) is 4.65. The van der Waals surface area contributed by atoms with Crippen molar-refractivity contribution < 1.29 is 4.79 Å². The Bertz CT molecular complexity index is 846. The minimum Gasteiger partial charge on any atom is -0.322 e. The lowest BCUT2D eigenvalue weighted by Gasteiger charge is -2.19. The van der Waals surface area contributed by atoms with Crippen LogP contribution >= 0.6 is 0 Å². The van der Waals surface area contributed by atoms with Crippen molar-refractivity contribution in [3.63, 3.8) is 0 Å². The Balaban J connectivity index is 1.69. The van der Waals surface area contributed by atoms with Crippen molar-refractivity contribution in [1.29, 1.82) is 0 Å².